The first kappa shape index (κ1) is 23.7. The van der Waals surface area contributed by atoms with Crippen LogP contribution in [0.5, 0.6) is 0 Å². The molecule has 0 amide bonds. The molecular weight excluding hydrogens is 259 g/mol. The molecule has 3 nitrogen and oxygen atoms in total. The van der Waals surface area contributed by atoms with Crippen LogP contribution in [0, 0.1) is 0 Å². The van der Waals surface area contributed by atoms with Crippen molar-refractivity contribution >= 4 is 10.1 Å². The number of rotatable bonds is 9. The van der Waals surface area contributed by atoms with Gasteiger partial charge in [-0.1, -0.05) is 57.9 Å². The molecule has 0 spiro atoms. The van der Waals surface area contributed by atoms with E-state index in [9.17, 15) is 13.0 Å². The summed E-state index contributed by atoms with van der Waals surface area (Å²) >= 11 is 0. The van der Waals surface area contributed by atoms with E-state index in [-0.39, 0.29) is 35.3 Å². The van der Waals surface area contributed by atoms with Crippen molar-refractivity contribution in [3.63, 3.8) is 0 Å². The van der Waals surface area contributed by atoms with E-state index in [2.05, 4.69) is 13.5 Å². The Balaban J connectivity index is -0.000000507. The van der Waals surface area contributed by atoms with Crippen LogP contribution >= 0.6 is 0 Å². The van der Waals surface area contributed by atoms with Gasteiger partial charge in [0.15, 0.2) is 0 Å². The van der Waals surface area contributed by atoms with Gasteiger partial charge in [-0.05, 0) is 13.3 Å². The Morgan fingerprint density at radius 3 is 1.67 bits per heavy atom. The van der Waals surface area contributed by atoms with Gasteiger partial charge in [0.05, 0.1) is 10.1 Å². The summed E-state index contributed by atoms with van der Waals surface area (Å²) in [4.78, 5) is 0. The number of hydrogen-bond donors (Lipinski definition) is 0. The van der Waals surface area contributed by atoms with Gasteiger partial charge in [-0.15, -0.1) is 6.58 Å². The number of allylic oxidation sites excluding steroid dienone is 1. The maximum atomic E-state index is 10.2. The first-order valence-electron chi connectivity index (χ1n) is 6.48. The molecule has 104 valence electrons. The fraction of sp³-hybridized carbons (Fsp3) is 0.846. The van der Waals surface area contributed by atoms with E-state index in [0.717, 1.165) is 12.8 Å². The van der Waals surface area contributed by atoms with Crippen molar-refractivity contribution in [3.8, 4) is 0 Å². The summed E-state index contributed by atoms with van der Waals surface area (Å²) in [6.45, 7) is 7.43. The van der Waals surface area contributed by atoms with Gasteiger partial charge in [0.1, 0.15) is 0 Å². The van der Waals surface area contributed by atoms with Crippen molar-refractivity contribution in [2.45, 2.75) is 65.2 Å². The van der Waals surface area contributed by atoms with Crippen LogP contribution in [0.4, 0.5) is 0 Å². The van der Waals surface area contributed by atoms with Gasteiger partial charge in [0, 0.05) is 5.75 Å². The third-order valence-electron chi connectivity index (χ3n) is 2.25. The predicted molar refractivity (Wildman–Crippen MR) is 73.0 cm³/mol. The van der Waals surface area contributed by atoms with Crippen molar-refractivity contribution in [1.82, 2.24) is 0 Å². The molecule has 0 unspecified atom stereocenters. The average molecular weight is 286 g/mol. The second-order valence-electron chi connectivity index (χ2n) is 4.14. The molecule has 0 aromatic heterocycles. The molecule has 0 heterocycles. The zero-order valence-corrected chi connectivity index (χ0v) is 15.1. The zero-order valence-electron chi connectivity index (χ0n) is 12.3. The van der Waals surface area contributed by atoms with Crippen LogP contribution < -0.4 is 29.6 Å². The van der Waals surface area contributed by atoms with Gasteiger partial charge in [0.2, 0.25) is 0 Å². The molecule has 0 aliphatic carbocycles. The predicted octanol–water partition coefficient (Wildman–Crippen LogP) is 0.869. The number of hydrogen-bond acceptors (Lipinski definition) is 3. The Kier molecular flexibility index (Phi) is 23.3. The second kappa shape index (κ2) is 17.6. The summed E-state index contributed by atoms with van der Waals surface area (Å²) in [5, 5.41) is 0. The summed E-state index contributed by atoms with van der Waals surface area (Å²) in [5.74, 6) is -0.193. The molecule has 0 saturated carbocycles. The summed E-state index contributed by atoms with van der Waals surface area (Å²) in [6.07, 6.45) is 10.4. The summed E-state index contributed by atoms with van der Waals surface area (Å²) in [5.41, 5.74) is 0. The minimum absolute atomic E-state index is 0. The fourth-order valence-corrected chi connectivity index (χ4v) is 1.97. The molecule has 0 aliphatic rings. The van der Waals surface area contributed by atoms with Crippen LogP contribution in [0.2, 0.25) is 0 Å². The van der Waals surface area contributed by atoms with Gasteiger partial charge in [0.25, 0.3) is 0 Å². The van der Waals surface area contributed by atoms with Gasteiger partial charge < -0.3 is 4.55 Å². The molecular formula is C13H27NaO3S. The molecule has 5 heteroatoms. The largest absolute Gasteiger partial charge is 1.00 e. The zero-order chi connectivity index (χ0) is 13.6. The monoisotopic (exact) mass is 286 g/mol. The first-order valence-corrected chi connectivity index (χ1v) is 8.06. The fourth-order valence-electron chi connectivity index (χ4n) is 1.41. The summed E-state index contributed by atoms with van der Waals surface area (Å²) in [6, 6.07) is 0. The Labute approximate surface area is 135 Å². The van der Waals surface area contributed by atoms with E-state index in [0.29, 0.717) is 6.42 Å². The van der Waals surface area contributed by atoms with Crippen molar-refractivity contribution in [2.75, 3.05) is 5.75 Å². The Hall–Kier alpha value is 0.650. The summed E-state index contributed by atoms with van der Waals surface area (Å²) < 4.78 is 30.7. The third-order valence-corrected chi connectivity index (χ3v) is 3.04. The van der Waals surface area contributed by atoms with Gasteiger partial charge in [-0.3, -0.25) is 0 Å². The molecule has 0 radical (unpaired) electrons. The smallest absolute Gasteiger partial charge is 0.748 e. The molecule has 0 aromatic carbocycles. The molecule has 0 rings (SSSR count). The van der Waals surface area contributed by atoms with Crippen LogP contribution in [0.1, 0.15) is 65.2 Å². The average Bonchev–Trinajstić information content (AvgIpc) is 2.22. The molecule has 0 atom stereocenters. The van der Waals surface area contributed by atoms with Gasteiger partial charge >= 0.3 is 29.6 Å². The van der Waals surface area contributed by atoms with E-state index < -0.39 is 10.1 Å². The number of unbranched alkanes of at least 4 members (excludes halogenated alkanes) is 7. The Bertz CT molecular complexity index is 251. The van der Waals surface area contributed by atoms with E-state index in [1.165, 1.54) is 32.1 Å². The topological polar surface area (TPSA) is 57.2 Å². The van der Waals surface area contributed by atoms with Crippen molar-refractivity contribution in [1.29, 1.82) is 0 Å². The van der Waals surface area contributed by atoms with Gasteiger partial charge in [-0.25, -0.2) is 8.42 Å². The van der Waals surface area contributed by atoms with Crippen LogP contribution in [0.3, 0.4) is 0 Å². The van der Waals surface area contributed by atoms with Crippen molar-refractivity contribution in [3.05, 3.63) is 12.7 Å². The molecule has 0 saturated heterocycles. The van der Waals surface area contributed by atoms with E-state index in [4.69, 9.17) is 0 Å². The Morgan fingerprint density at radius 1 is 1.00 bits per heavy atom. The quantitative estimate of drug-likeness (QED) is 0.273. The van der Waals surface area contributed by atoms with Gasteiger partial charge in [-0.2, -0.15) is 0 Å². The minimum Gasteiger partial charge on any atom is -0.748 e. The van der Waals surface area contributed by atoms with Crippen LogP contribution in [0.25, 0.3) is 0 Å². The van der Waals surface area contributed by atoms with E-state index in [1.54, 1.807) is 6.08 Å². The maximum Gasteiger partial charge on any atom is 1.00 e. The van der Waals surface area contributed by atoms with Crippen molar-refractivity contribution < 1.29 is 42.5 Å². The molecule has 0 fully saturated rings. The van der Waals surface area contributed by atoms with E-state index >= 15 is 0 Å². The van der Waals surface area contributed by atoms with Crippen LogP contribution in [-0.2, 0) is 10.1 Å². The minimum atomic E-state index is -3.98. The standard InChI is InChI=1S/C10H22O3S.C3H6.Na/c1-2-3-4-5-6-7-8-9-10-14(11,12)13;1-3-2;/h2-10H2,1H3,(H,11,12,13);3H,1H2,2H3;/q;;+1/p-1. The molecule has 18 heavy (non-hydrogen) atoms. The van der Waals surface area contributed by atoms with Crippen LogP contribution in [0.15, 0.2) is 12.7 Å². The SMILES string of the molecule is C=CC.CCCCCCCCCCS(=O)(=O)[O-].[Na+]. The Morgan fingerprint density at radius 2 is 1.33 bits per heavy atom. The van der Waals surface area contributed by atoms with E-state index in [1.807, 2.05) is 6.92 Å². The molecule has 0 aliphatic heterocycles. The molecule has 0 N–H and O–H groups in total. The second-order valence-corrected chi connectivity index (χ2v) is 5.67. The van der Waals surface area contributed by atoms with Crippen molar-refractivity contribution in [2.24, 2.45) is 0 Å². The molecule has 0 aromatic rings. The molecule has 0 bridgehead atoms. The maximum absolute atomic E-state index is 10.2. The normalized spacial score (nSPS) is 9.94. The first-order chi connectivity index (χ1) is 7.97. The summed E-state index contributed by atoms with van der Waals surface area (Å²) in [7, 11) is -3.98. The third kappa shape index (κ3) is 30.0. The van der Waals surface area contributed by atoms with Crippen LogP contribution in [-0.4, -0.2) is 18.7 Å².